The van der Waals surface area contributed by atoms with Crippen LogP contribution >= 0.6 is 15.9 Å². The largest absolute Gasteiger partial charge is 0.373 e. The Kier molecular flexibility index (Phi) is 3.03. The molecule has 1 atom stereocenters. The van der Waals surface area contributed by atoms with E-state index in [1.807, 2.05) is 54.6 Å². The minimum absolute atomic E-state index is 0.517. The summed E-state index contributed by atoms with van der Waals surface area (Å²) in [6.45, 7) is 0. The van der Waals surface area contributed by atoms with Crippen molar-refractivity contribution < 1.29 is 5.11 Å². The van der Waals surface area contributed by atoms with Crippen LogP contribution in [0.2, 0.25) is 0 Å². The first-order chi connectivity index (χ1) is 10.7. The quantitative estimate of drug-likeness (QED) is 0.697. The van der Waals surface area contributed by atoms with E-state index in [1.54, 1.807) is 12.4 Å². The number of benzene rings is 2. The molecule has 108 valence electrons. The van der Waals surface area contributed by atoms with Gasteiger partial charge in [0.1, 0.15) is 5.82 Å². The van der Waals surface area contributed by atoms with Crippen molar-refractivity contribution in [1.82, 2.24) is 9.97 Å². The predicted octanol–water partition coefficient (Wildman–Crippen LogP) is 3.90. The van der Waals surface area contributed by atoms with Gasteiger partial charge in [-0.15, -0.1) is 0 Å². The van der Waals surface area contributed by atoms with Crippen molar-refractivity contribution in [2.75, 3.05) is 0 Å². The third-order valence-corrected chi connectivity index (χ3v) is 4.70. The van der Waals surface area contributed by atoms with Crippen molar-refractivity contribution in [2.45, 2.75) is 5.60 Å². The van der Waals surface area contributed by atoms with Crippen LogP contribution in [0.25, 0.3) is 10.6 Å². The van der Waals surface area contributed by atoms with Gasteiger partial charge >= 0.3 is 0 Å². The van der Waals surface area contributed by atoms with Crippen molar-refractivity contribution in [1.29, 1.82) is 0 Å². The summed E-state index contributed by atoms with van der Waals surface area (Å²) in [5.74, 6) is 0.517. The van der Waals surface area contributed by atoms with E-state index in [0.717, 1.165) is 26.7 Å². The summed E-state index contributed by atoms with van der Waals surface area (Å²) in [5.41, 5.74) is 2.22. The molecule has 3 aromatic rings. The highest BCUT2D eigenvalue weighted by molar-refractivity contribution is 9.15. The Morgan fingerprint density at radius 2 is 1.73 bits per heavy atom. The Morgan fingerprint density at radius 1 is 1.00 bits per heavy atom. The fourth-order valence-electron chi connectivity index (χ4n) is 3.04. The smallest absolute Gasteiger partial charge is 0.174 e. The van der Waals surface area contributed by atoms with Crippen molar-refractivity contribution in [3.63, 3.8) is 0 Å². The van der Waals surface area contributed by atoms with Crippen molar-refractivity contribution in [3.8, 4) is 0 Å². The zero-order valence-corrected chi connectivity index (χ0v) is 13.2. The molecule has 4 rings (SSSR count). The van der Waals surface area contributed by atoms with Gasteiger partial charge in [0.05, 0.1) is 0 Å². The maximum Gasteiger partial charge on any atom is 0.174 e. The zero-order chi connectivity index (χ0) is 15.2. The fraction of sp³-hybridized carbons (Fsp3) is 0.0556. The number of fused-ring (bicyclic) bond motifs is 2. The lowest BCUT2D eigenvalue weighted by molar-refractivity contribution is 0.116. The number of nitrogens with one attached hydrogen (secondary N) is 1. The van der Waals surface area contributed by atoms with E-state index in [0.29, 0.717) is 5.82 Å². The van der Waals surface area contributed by atoms with Crippen LogP contribution in [0.15, 0.2) is 60.9 Å². The molecule has 0 spiro atoms. The maximum absolute atomic E-state index is 11.7. The second-order valence-corrected chi connectivity index (χ2v) is 6.13. The number of hydrogen-bond acceptors (Lipinski definition) is 2. The average molecular weight is 353 g/mol. The first-order valence-corrected chi connectivity index (χ1v) is 7.79. The number of imidazole rings is 1. The highest BCUT2D eigenvalue weighted by Gasteiger charge is 2.41. The fourth-order valence-corrected chi connectivity index (χ4v) is 3.63. The number of hydrogen-bond donors (Lipinski definition) is 2. The molecule has 1 aliphatic rings. The molecule has 3 nitrogen and oxygen atoms in total. The van der Waals surface area contributed by atoms with Crippen molar-refractivity contribution >= 4 is 26.5 Å². The minimum Gasteiger partial charge on any atom is -0.373 e. The predicted molar refractivity (Wildman–Crippen MR) is 90.4 cm³/mol. The van der Waals surface area contributed by atoms with Crippen LogP contribution in [0.1, 0.15) is 28.1 Å². The second-order valence-electron chi connectivity index (χ2n) is 5.27. The third-order valence-electron chi connectivity index (χ3n) is 4.05. The van der Waals surface area contributed by atoms with E-state index in [2.05, 4.69) is 25.9 Å². The van der Waals surface area contributed by atoms with Gasteiger partial charge in [0.15, 0.2) is 5.60 Å². The summed E-state index contributed by atoms with van der Waals surface area (Å²) in [7, 11) is 0. The summed E-state index contributed by atoms with van der Waals surface area (Å²) in [6, 6.07) is 15.7. The second kappa shape index (κ2) is 4.93. The molecule has 0 bridgehead atoms. The zero-order valence-electron chi connectivity index (χ0n) is 11.6. The monoisotopic (exact) mass is 352 g/mol. The Labute approximate surface area is 136 Å². The van der Waals surface area contributed by atoms with Crippen molar-refractivity contribution in [3.05, 3.63) is 89.0 Å². The molecule has 0 fully saturated rings. The molecule has 1 heterocycles. The minimum atomic E-state index is -1.32. The van der Waals surface area contributed by atoms with Crippen LogP contribution in [0.3, 0.4) is 0 Å². The molecular formula is C18H13BrN2O. The molecule has 1 aliphatic carbocycles. The topological polar surface area (TPSA) is 48.9 Å². The van der Waals surface area contributed by atoms with Crippen LogP contribution in [0.5, 0.6) is 0 Å². The number of nitrogens with zero attached hydrogens (tertiary/aromatic N) is 1. The number of aromatic nitrogens is 2. The molecule has 0 amide bonds. The lowest BCUT2D eigenvalue weighted by atomic mass is 9.82. The van der Waals surface area contributed by atoms with Gasteiger partial charge in [0, 0.05) is 28.0 Å². The Bertz CT molecular complexity index is 870. The summed E-state index contributed by atoms with van der Waals surface area (Å²) in [4.78, 5) is 7.40. The van der Waals surface area contributed by atoms with Gasteiger partial charge in [-0.05, 0) is 17.2 Å². The Morgan fingerprint density at radius 3 is 2.50 bits per heavy atom. The summed E-state index contributed by atoms with van der Waals surface area (Å²) in [6.07, 6.45) is 5.42. The van der Waals surface area contributed by atoms with Crippen LogP contribution in [0.4, 0.5) is 0 Å². The van der Waals surface area contributed by atoms with E-state index < -0.39 is 5.60 Å². The van der Waals surface area contributed by atoms with Gasteiger partial charge in [-0.3, -0.25) is 0 Å². The van der Waals surface area contributed by atoms with E-state index in [-0.39, 0.29) is 0 Å². The van der Waals surface area contributed by atoms with Gasteiger partial charge in [-0.25, -0.2) is 4.98 Å². The first kappa shape index (κ1) is 13.5. The number of halogens is 1. The number of aromatic amines is 1. The molecule has 2 aromatic carbocycles. The third kappa shape index (κ3) is 1.81. The average Bonchev–Trinajstić information content (AvgIpc) is 3.07. The molecule has 4 heteroatoms. The van der Waals surface area contributed by atoms with Gasteiger partial charge in [-0.1, -0.05) is 64.5 Å². The van der Waals surface area contributed by atoms with E-state index in [1.165, 1.54) is 0 Å². The van der Waals surface area contributed by atoms with Gasteiger partial charge in [0.2, 0.25) is 0 Å². The highest BCUT2D eigenvalue weighted by atomic mass is 79.9. The van der Waals surface area contributed by atoms with Crippen LogP contribution < -0.4 is 0 Å². The van der Waals surface area contributed by atoms with E-state index in [4.69, 9.17) is 0 Å². The molecule has 0 saturated carbocycles. The van der Waals surface area contributed by atoms with E-state index in [9.17, 15) is 5.11 Å². The molecule has 0 aliphatic heterocycles. The Balaban J connectivity index is 2.15. The van der Waals surface area contributed by atoms with Gasteiger partial charge in [0.25, 0.3) is 0 Å². The van der Waals surface area contributed by atoms with Crippen LogP contribution in [-0.4, -0.2) is 15.1 Å². The first-order valence-electron chi connectivity index (χ1n) is 7.00. The Hall–Kier alpha value is -2.17. The standard InChI is InChI=1S/C18H13BrN2O/c19-16-11-12-5-1-3-7-14(12)18(22,17-20-9-10-21-17)15-8-4-2-6-13(15)16/h1-11,22H,(H,20,21). The molecule has 22 heavy (non-hydrogen) atoms. The summed E-state index contributed by atoms with van der Waals surface area (Å²) in [5, 5.41) is 11.7. The number of aliphatic hydroxyl groups is 1. The molecule has 0 radical (unpaired) electrons. The van der Waals surface area contributed by atoms with Crippen LogP contribution in [0, 0.1) is 0 Å². The summed E-state index contributed by atoms with van der Waals surface area (Å²) >= 11 is 3.64. The molecule has 0 saturated heterocycles. The lowest BCUT2D eigenvalue weighted by Gasteiger charge is -2.29. The molecule has 1 aromatic heterocycles. The van der Waals surface area contributed by atoms with Gasteiger partial charge < -0.3 is 10.1 Å². The highest BCUT2D eigenvalue weighted by Crippen LogP contribution is 2.44. The lowest BCUT2D eigenvalue weighted by Crippen LogP contribution is -2.31. The summed E-state index contributed by atoms with van der Waals surface area (Å²) < 4.78 is 0.943. The van der Waals surface area contributed by atoms with E-state index >= 15 is 0 Å². The molecular weight excluding hydrogens is 340 g/mol. The number of H-pyrrole nitrogens is 1. The number of rotatable bonds is 1. The molecule has 1 unspecified atom stereocenters. The van der Waals surface area contributed by atoms with Crippen LogP contribution in [-0.2, 0) is 5.60 Å². The van der Waals surface area contributed by atoms with Crippen molar-refractivity contribution in [2.24, 2.45) is 0 Å². The molecule has 2 N–H and O–H groups in total. The normalized spacial score (nSPS) is 19.8. The SMILES string of the molecule is OC1(c2ncc[nH]2)c2ccccc2C=C(Br)c2ccccc21. The van der Waals surface area contributed by atoms with Gasteiger partial charge in [-0.2, -0.15) is 0 Å². The maximum atomic E-state index is 11.7.